The van der Waals surface area contributed by atoms with Crippen molar-refractivity contribution < 1.29 is 35.4 Å². The van der Waals surface area contributed by atoms with Gasteiger partial charge in [0.15, 0.2) is 12.1 Å². The number of allylic oxidation sites excluding steroid dienone is 2. The van der Waals surface area contributed by atoms with Gasteiger partial charge < -0.3 is 35.9 Å². The average molecular weight is 681 g/mol. The van der Waals surface area contributed by atoms with Crippen LogP contribution in [-0.2, 0) is 17.6 Å². The summed E-state index contributed by atoms with van der Waals surface area (Å²) >= 11 is 6.10. The van der Waals surface area contributed by atoms with Crippen molar-refractivity contribution in [1.29, 1.82) is 0 Å². The zero-order valence-corrected chi connectivity index (χ0v) is 28.3. The second-order valence-electron chi connectivity index (χ2n) is 11.5. The van der Waals surface area contributed by atoms with Crippen LogP contribution in [0, 0.1) is 0 Å². The van der Waals surface area contributed by atoms with Gasteiger partial charge in [0.25, 0.3) is 5.91 Å². The van der Waals surface area contributed by atoms with Crippen LogP contribution >= 0.6 is 11.6 Å². The Bertz CT molecular complexity index is 1560. The minimum Gasteiger partial charge on any atom is -1.00 e. The van der Waals surface area contributed by atoms with Gasteiger partial charge in [0.05, 0.1) is 27.2 Å². The summed E-state index contributed by atoms with van der Waals surface area (Å²) in [5.41, 5.74) is 6.54. The molecule has 0 radical (unpaired) electrons. The highest BCUT2D eigenvalue weighted by molar-refractivity contribution is 6.30. The fourth-order valence-electron chi connectivity index (χ4n) is 5.11. The van der Waals surface area contributed by atoms with Crippen LogP contribution < -0.4 is 27.0 Å². The molecule has 0 unspecified atom stereocenters. The van der Waals surface area contributed by atoms with Crippen molar-refractivity contribution in [3.63, 3.8) is 0 Å². The fraction of sp³-hybridized carbons (Fsp3) is 0.333. The number of aromatic nitrogens is 1. The minimum absolute atomic E-state index is 0. The normalized spacial score (nSPS) is 11.2. The van der Waals surface area contributed by atoms with Crippen LogP contribution in [0.4, 0.5) is 0 Å². The monoisotopic (exact) mass is 679 g/mol. The summed E-state index contributed by atoms with van der Waals surface area (Å²) in [5.74, 6) is 1.49. The maximum atomic E-state index is 12.3. The number of unbranched alkanes of at least 4 members (excludes halogenated alkanes) is 1. The van der Waals surface area contributed by atoms with E-state index in [9.17, 15) is 4.79 Å². The highest BCUT2D eigenvalue weighted by Gasteiger charge is 2.20. The summed E-state index contributed by atoms with van der Waals surface area (Å²) < 4.78 is 13.2. The van der Waals surface area contributed by atoms with Crippen LogP contribution in [0.2, 0.25) is 5.02 Å². The van der Waals surface area contributed by atoms with E-state index in [-0.39, 0.29) is 22.9 Å². The zero-order chi connectivity index (χ0) is 30.8. The summed E-state index contributed by atoms with van der Waals surface area (Å²) in [7, 11) is 4.17. The molecule has 0 saturated carbocycles. The van der Waals surface area contributed by atoms with Crippen LogP contribution in [0.5, 0.6) is 5.75 Å². The number of fused-ring (bicyclic) bond motifs is 1. The second-order valence-corrected chi connectivity index (χ2v) is 12.0. The summed E-state index contributed by atoms with van der Waals surface area (Å²) in [6, 6.07) is 17.9. The van der Waals surface area contributed by atoms with E-state index in [1.807, 2.05) is 42.5 Å². The zero-order valence-electron chi connectivity index (χ0n) is 26.0. The quantitative estimate of drug-likeness (QED) is 0.102. The topological polar surface area (TPSA) is 64.4 Å². The van der Waals surface area contributed by atoms with Crippen molar-refractivity contribution >= 4 is 28.6 Å². The molecule has 4 aromatic rings. The second kappa shape index (κ2) is 16.6. The molecule has 1 heterocycles. The van der Waals surface area contributed by atoms with E-state index in [0.717, 1.165) is 83.4 Å². The van der Waals surface area contributed by atoms with E-state index in [1.54, 1.807) is 0 Å². The number of carbonyl (C=O) groups is 1. The molecule has 1 aromatic heterocycles. The molecule has 0 fully saturated rings. The number of halogens is 2. The first-order chi connectivity index (χ1) is 20.7. The van der Waals surface area contributed by atoms with E-state index in [0.29, 0.717) is 35.0 Å². The SMILES string of the molecule is C=CCc1cc(-c2ccc(OCCC[N+](C)(C)CC(=O)NCCCC)c(CC=C)c2)c2oc(-c3ccc(Cl)cc3)nc2c1.[Br-]. The molecule has 0 aliphatic rings. The van der Waals surface area contributed by atoms with Gasteiger partial charge in [-0.3, -0.25) is 4.79 Å². The highest BCUT2D eigenvalue weighted by Crippen LogP contribution is 2.36. The van der Waals surface area contributed by atoms with Gasteiger partial charge >= 0.3 is 0 Å². The maximum absolute atomic E-state index is 12.3. The van der Waals surface area contributed by atoms with E-state index in [4.69, 9.17) is 25.7 Å². The number of rotatable bonds is 16. The van der Waals surface area contributed by atoms with Gasteiger partial charge in [-0.25, -0.2) is 4.98 Å². The molecule has 6 nitrogen and oxygen atoms in total. The molecule has 234 valence electrons. The number of hydrogen-bond acceptors (Lipinski definition) is 4. The molecule has 1 N–H and O–H groups in total. The van der Waals surface area contributed by atoms with Crippen LogP contribution in [0.25, 0.3) is 33.7 Å². The number of ether oxygens (including phenoxy) is 1. The third-order valence-electron chi connectivity index (χ3n) is 7.35. The number of nitrogens with one attached hydrogen (secondary N) is 1. The molecule has 8 heteroatoms. The molecular weight excluding hydrogens is 638 g/mol. The van der Waals surface area contributed by atoms with Gasteiger partial charge in [0, 0.05) is 29.1 Å². The lowest BCUT2D eigenvalue weighted by molar-refractivity contribution is -0.882. The van der Waals surface area contributed by atoms with Crippen molar-refractivity contribution in [2.75, 3.05) is 40.3 Å². The standard InChI is InChI=1S/C36H42ClN3O3.BrH/c1-6-9-19-38-34(41)25-40(4,5)20-10-21-42-33-18-15-28(24-29(33)12-8-3)31-22-26(11-7-2)23-32-35(31)43-36(39-32)27-13-16-30(37)17-14-27;/h7-8,13-18,22-24H,2-3,6,9-12,19-21,25H2,1,4-5H3;1H. The molecule has 0 saturated heterocycles. The number of benzene rings is 3. The van der Waals surface area contributed by atoms with Gasteiger partial charge in [-0.05, 0) is 84.5 Å². The largest absolute Gasteiger partial charge is 1.00 e. The Morgan fingerprint density at radius 3 is 2.45 bits per heavy atom. The molecule has 0 bridgehead atoms. The van der Waals surface area contributed by atoms with Crippen molar-refractivity contribution in [3.05, 3.63) is 96.1 Å². The third-order valence-corrected chi connectivity index (χ3v) is 7.60. The van der Waals surface area contributed by atoms with Crippen molar-refractivity contribution in [3.8, 4) is 28.3 Å². The molecule has 0 spiro atoms. The van der Waals surface area contributed by atoms with Crippen molar-refractivity contribution in [2.45, 2.75) is 39.0 Å². The molecule has 3 aromatic carbocycles. The predicted molar refractivity (Wildman–Crippen MR) is 178 cm³/mol. The van der Waals surface area contributed by atoms with Gasteiger partial charge in [-0.1, -0.05) is 43.2 Å². The van der Waals surface area contributed by atoms with Crippen molar-refractivity contribution in [1.82, 2.24) is 10.3 Å². The Balaban J connectivity index is 0.00000529. The molecule has 44 heavy (non-hydrogen) atoms. The maximum Gasteiger partial charge on any atom is 0.275 e. The summed E-state index contributed by atoms with van der Waals surface area (Å²) in [5, 5.41) is 3.68. The number of likely N-dealkylation sites (N-methyl/N-ethyl adjacent to an activating group) is 1. The number of nitrogens with zero attached hydrogens (tertiary/aromatic N) is 2. The number of quaternary nitrogens is 1. The van der Waals surface area contributed by atoms with Crippen LogP contribution in [0.1, 0.15) is 37.3 Å². The Morgan fingerprint density at radius 1 is 1.02 bits per heavy atom. The Kier molecular flexibility index (Phi) is 13.3. The smallest absolute Gasteiger partial charge is 0.275 e. The highest BCUT2D eigenvalue weighted by atomic mass is 79.9. The number of carbonyl (C=O) groups excluding carboxylic acids is 1. The van der Waals surface area contributed by atoms with Gasteiger partial charge in [0.2, 0.25) is 5.89 Å². The van der Waals surface area contributed by atoms with Gasteiger partial charge in [0.1, 0.15) is 11.3 Å². The Labute approximate surface area is 277 Å². The van der Waals surface area contributed by atoms with Crippen LogP contribution in [0.3, 0.4) is 0 Å². The molecule has 0 aliphatic carbocycles. The van der Waals surface area contributed by atoms with Gasteiger partial charge in [-0.2, -0.15) is 0 Å². The molecular formula is C36H43BrClN3O3. The lowest BCUT2D eigenvalue weighted by Gasteiger charge is -2.29. The van der Waals surface area contributed by atoms with Crippen LogP contribution in [0.15, 0.2) is 84.3 Å². The Hall–Kier alpha value is -3.39. The molecule has 0 aliphatic heterocycles. The first kappa shape index (κ1) is 35.1. The van der Waals surface area contributed by atoms with E-state index >= 15 is 0 Å². The first-order valence-electron chi connectivity index (χ1n) is 15.0. The Morgan fingerprint density at radius 2 is 1.75 bits per heavy atom. The molecule has 4 rings (SSSR count). The lowest BCUT2D eigenvalue weighted by atomic mass is 9.97. The molecule has 1 amide bonds. The van der Waals surface area contributed by atoms with Crippen molar-refractivity contribution in [2.24, 2.45) is 0 Å². The number of hydrogen-bond donors (Lipinski definition) is 1. The van der Waals surface area contributed by atoms with Gasteiger partial charge in [-0.15, -0.1) is 13.2 Å². The minimum atomic E-state index is 0. The molecule has 0 atom stereocenters. The summed E-state index contributed by atoms with van der Waals surface area (Å²) in [6.45, 7) is 12.6. The number of amides is 1. The third kappa shape index (κ3) is 9.55. The lowest BCUT2D eigenvalue weighted by Crippen LogP contribution is -3.00. The van der Waals surface area contributed by atoms with E-state index in [1.165, 1.54) is 0 Å². The first-order valence-corrected chi connectivity index (χ1v) is 15.4. The summed E-state index contributed by atoms with van der Waals surface area (Å²) in [4.78, 5) is 17.1. The van der Waals surface area contributed by atoms with E-state index < -0.39 is 0 Å². The fourth-order valence-corrected chi connectivity index (χ4v) is 5.24. The predicted octanol–water partition coefficient (Wildman–Crippen LogP) is 5.04. The van der Waals surface area contributed by atoms with Crippen LogP contribution in [-0.4, -0.2) is 55.7 Å². The number of oxazole rings is 1. The van der Waals surface area contributed by atoms with E-state index in [2.05, 4.69) is 63.8 Å². The average Bonchev–Trinajstić information content (AvgIpc) is 3.40. The summed E-state index contributed by atoms with van der Waals surface area (Å²) in [6.07, 6.45) is 8.09.